The van der Waals surface area contributed by atoms with Gasteiger partial charge in [-0.15, -0.1) is 0 Å². The van der Waals surface area contributed by atoms with Crippen LogP contribution in [-0.4, -0.2) is 22.2 Å². The van der Waals surface area contributed by atoms with Gasteiger partial charge in [-0.1, -0.05) is 13.8 Å². The zero-order chi connectivity index (χ0) is 9.68. The van der Waals surface area contributed by atoms with Gasteiger partial charge in [-0.3, -0.25) is 0 Å². The summed E-state index contributed by atoms with van der Waals surface area (Å²) in [6.07, 6.45) is 6.55. The third kappa shape index (κ3) is 4.37. The zero-order valence-corrected chi connectivity index (χ0v) is 9.65. The Morgan fingerprint density at radius 2 is 1.92 bits per heavy atom. The van der Waals surface area contributed by atoms with Gasteiger partial charge in [0.2, 0.25) is 0 Å². The molecule has 1 N–H and O–H groups in total. The Bertz CT molecular complexity index is 130. The van der Waals surface area contributed by atoms with E-state index in [1.165, 1.54) is 25.7 Å². The SMILES string of the molecule is CC1CCC(SC(C)CCO)CC1. The van der Waals surface area contributed by atoms with Crippen molar-refractivity contribution in [1.29, 1.82) is 0 Å². The third-order valence-electron chi connectivity index (χ3n) is 2.92. The van der Waals surface area contributed by atoms with E-state index in [-0.39, 0.29) is 0 Å². The van der Waals surface area contributed by atoms with Gasteiger partial charge in [-0.25, -0.2) is 0 Å². The molecule has 0 aromatic rings. The number of aliphatic hydroxyl groups excluding tert-OH is 1. The lowest BCUT2D eigenvalue weighted by molar-refractivity contribution is 0.288. The molecule has 0 spiro atoms. The molecule has 0 aromatic heterocycles. The van der Waals surface area contributed by atoms with Gasteiger partial charge in [-0.2, -0.15) is 11.8 Å². The Morgan fingerprint density at radius 1 is 1.31 bits per heavy atom. The molecule has 13 heavy (non-hydrogen) atoms. The molecule has 1 rings (SSSR count). The van der Waals surface area contributed by atoms with Crippen molar-refractivity contribution < 1.29 is 5.11 Å². The molecule has 1 aliphatic carbocycles. The fourth-order valence-electron chi connectivity index (χ4n) is 1.94. The largest absolute Gasteiger partial charge is 0.396 e. The molecule has 1 nitrogen and oxygen atoms in total. The Kier molecular flexibility index (Phi) is 5.18. The van der Waals surface area contributed by atoms with Crippen molar-refractivity contribution in [3.05, 3.63) is 0 Å². The molecule has 1 unspecified atom stereocenters. The van der Waals surface area contributed by atoms with E-state index in [2.05, 4.69) is 25.6 Å². The fourth-order valence-corrected chi connectivity index (χ4v) is 3.39. The molecule has 1 fully saturated rings. The molecule has 0 bridgehead atoms. The summed E-state index contributed by atoms with van der Waals surface area (Å²) in [5, 5.41) is 10.3. The molecule has 2 heteroatoms. The molecule has 0 heterocycles. The summed E-state index contributed by atoms with van der Waals surface area (Å²) in [6.45, 7) is 4.94. The van der Waals surface area contributed by atoms with Crippen molar-refractivity contribution in [2.45, 2.75) is 56.5 Å². The van der Waals surface area contributed by atoms with E-state index < -0.39 is 0 Å². The van der Waals surface area contributed by atoms with Gasteiger partial charge >= 0.3 is 0 Å². The number of hydrogen-bond donors (Lipinski definition) is 1. The van der Waals surface area contributed by atoms with Crippen LogP contribution in [0.3, 0.4) is 0 Å². The predicted octanol–water partition coefficient (Wildman–Crippen LogP) is 3.07. The molecule has 0 aliphatic heterocycles. The van der Waals surface area contributed by atoms with Gasteiger partial charge in [0.25, 0.3) is 0 Å². The lowest BCUT2D eigenvalue weighted by atomic mass is 9.91. The molecule has 1 atom stereocenters. The summed E-state index contributed by atoms with van der Waals surface area (Å²) in [6, 6.07) is 0. The van der Waals surface area contributed by atoms with Crippen LogP contribution < -0.4 is 0 Å². The molecule has 0 radical (unpaired) electrons. The maximum atomic E-state index is 8.79. The maximum absolute atomic E-state index is 8.79. The molecule has 0 saturated heterocycles. The first-order valence-electron chi connectivity index (χ1n) is 5.48. The summed E-state index contributed by atoms with van der Waals surface area (Å²) in [5.74, 6) is 0.949. The summed E-state index contributed by atoms with van der Waals surface area (Å²) in [5.41, 5.74) is 0. The average Bonchev–Trinajstić information content (AvgIpc) is 2.09. The second-order valence-electron chi connectivity index (χ2n) is 4.34. The van der Waals surface area contributed by atoms with Crippen molar-refractivity contribution >= 4 is 11.8 Å². The summed E-state index contributed by atoms with van der Waals surface area (Å²) in [4.78, 5) is 0. The van der Waals surface area contributed by atoms with Gasteiger partial charge in [0.15, 0.2) is 0 Å². The number of rotatable bonds is 4. The molecular weight excluding hydrogens is 180 g/mol. The second kappa shape index (κ2) is 5.92. The second-order valence-corrected chi connectivity index (χ2v) is 6.08. The van der Waals surface area contributed by atoms with Crippen LogP contribution in [-0.2, 0) is 0 Å². The van der Waals surface area contributed by atoms with Gasteiger partial charge in [0.05, 0.1) is 0 Å². The van der Waals surface area contributed by atoms with E-state index in [0.29, 0.717) is 11.9 Å². The summed E-state index contributed by atoms with van der Waals surface area (Å²) >= 11 is 2.09. The van der Waals surface area contributed by atoms with Crippen LogP contribution in [0.25, 0.3) is 0 Å². The molecular formula is C11H22OS. The van der Waals surface area contributed by atoms with Crippen molar-refractivity contribution in [2.75, 3.05) is 6.61 Å². The number of aliphatic hydroxyl groups is 1. The van der Waals surface area contributed by atoms with Crippen LogP contribution in [0.15, 0.2) is 0 Å². The molecule has 78 valence electrons. The predicted molar refractivity (Wildman–Crippen MR) is 60.2 cm³/mol. The van der Waals surface area contributed by atoms with E-state index in [1.54, 1.807) is 0 Å². The Balaban J connectivity index is 2.14. The number of hydrogen-bond acceptors (Lipinski definition) is 2. The molecule has 1 saturated carbocycles. The topological polar surface area (TPSA) is 20.2 Å². The van der Waals surface area contributed by atoms with Crippen molar-refractivity contribution in [3.8, 4) is 0 Å². The lowest BCUT2D eigenvalue weighted by Gasteiger charge is -2.27. The Labute approximate surface area is 86.3 Å². The van der Waals surface area contributed by atoms with Crippen molar-refractivity contribution in [3.63, 3.8) is 0 Å². The van der Waals surface area contributed by atoms with E-state index in [9.17, 15) is 0 Å². The van der Waals surface area contributed by atoms with Crippen LogP contribution in [0.2, 0.25) is 0 Å². The smallest absolute Gasteiger partial charge is 0.0441 e. The van der Waals surface area contributed by atoms with E-state index >= 15 is 0 Å². The van der Waals surface area contributed by atoms with E-state index in [1.807, 2.05) is 0 Å². The van der Waals surface area contributed by atoms with Crippen molar-refractivity contribution in [2.24, 2.45) is 5.92 Å². The zero-order valence-electron chi connectivity index (χ0n) is 8.83. The lowest BCUT2D eigenvalue weighted by Crippen LogP contribution is -2.17. The van der Waals surface area contributed by atoms with Gasteiger partial charge in [-0.05, 0) is 38.0 Å². The minimum Gasteiger partial charge on any atom is -0.396 e. The van der Waals surface area contributed by atoms with Crippen LogP contribution in [0.1, 0.15) is 46.0 Å². The molecule has 1 aliphatic rings. The maximum Gasteiger partial charge on any atom is 0.0441 e. The highest BCUT2D eigenvalue weighted by Gasteiger charge is 2.20. The minimum atomic E-state index is 0.345. The highest BCUT2D eigenvalue weighted by atomic mass is 32.2. The van der Waals surface area contributed by atoms with Gasteiger partial charge in [0.1, 0.15) is 0 Å². The van der Waals surface area contributed by atoms with Crippen molar-refractivity contribution in [1.82, 2.24) is 0 Å². The Morgan fingerprint density at radius 3 is 2.46 bits per heavy atom. The summed E-state index contributed by atoms with van der Waals surface area (Å²) in [7, 11) is 0. The van der Waals surface area contributed by atoms with E-state index in [4.69, 9.17) is 5.11 Å². The van der Waals surface area contributed by atoms with Crippen LogP contribution in [0.4, 0.5) is 0 Å². The third-order valence-corrected chi connectivity index (χ3v) is 4.48. The average molecular weight is 202 g/mol. The minimum absolute atomic E-state index is 0.345. The molecule has 0 aromatic carbocycles. The normalized spacial score (nSPS) is 31.6. The van der Waals surface area contributed by atoms with E-state index in [0.717, 1.165) is 17.6 Å². The first-order valence-corrected chi connectivity index (χ1v) is 6.43. The van der Waals surface area contributed by atoms with Crippen LogP contribution in [0.5, 0.6) is 0 Å². The monoisotopic (exact) mass is 202 g/mol. The quantitative estimate of drug-likeness (QED) is 0.756. The highest BCUT2D eigenvalue weighted by molar-refractivity contribution is 8.00. The standard InChI is InChI=1S/C11H22OS/c1-9-3-5-11(6-4-9)13-10(2)7-8-12/h9-12H,3-8H2,1-2H3. The molecule has 0 amide bonds. The number of thioether (sulfide) groups is 1. The highest BCUT2D eigenvalue weighted by Crippen LogP contribution is 2.34. The first kappa shape index (κ1) is 11.4. The Hall–Kier alpha value is 0.310. The van der Waals surface area contributed by atoms with Gasteiger partial charge < -0.3 is 5.11 Å². The summed E-state index contributed by atoms with van der Waals surface area (Å²) < 4.78 is 0. The van der Waals surface area contributed by atoms with Crippen LogP contribution in [0, 0.1) is 5.92 Å². The fraction of sp³-hybridized carbons (Fsp3) is 1.00. The van der Waals surface area contributed by atoms with Gasteiger partial charge in [0, 0.05) is 17.1 Å². The first-order chi connectivity index (χ1) is 6.22. The van der Waals surface area contributed by atoms with Crippen LogP contribution >= 0.6 is 11.8 Å².